The molecule has 0 aromatic heterocycles. The number of hydrogen-bond acceptors (Lipinski definition) is 4. The monoisotopic (exact) mass is 332 g/mol. The molecule has 2 amide bonds. The fourth-order valence-corrected chi connectivity index (χ4v) is 3.15. The van der Waals surface area contributed by atoms with E-state index >= 15 is 0 Å². The van der Waals surface area contributed by atoms with Crippen molar-refractivity contribution in [2.75, 3.05) is 9.96 Å². The second-order valence-electron chi connectivity index (χ2n) is 6.00. The minimum Gasteiger partial charge on any atom is -0.288 e. The lowest BCUT2D eigenvalue weighted by Crippen LogP contribution is -2.40. The minimum absolute atomic E-state index is 0.0585. The van der Waals surface area contributed by atoms with Crippen molar-refractivity contribution in [1.29, 1.82) is 0 Å². The number of anilines is 2. The zero-order valence-electron chi connectivity index (χ0n) is 13.4. The fraction of sp³-hybridized carbons (Fsp3) is 0.100. The lowest BCUT2D eigenvalue weighted by atomic mass is 10.1. The molecule has 1 aliphatic heterocycles. The maximum Gasteiger partial charge on any atom is 0.259 e. The summed E-state index contributed by atoms with van der Waals surface area (Å²) in [6.45, 7) is 0. The summed E-state index contributed by atoms with van der Waals surface area (Å²) in [5.41, 5.74) is 1.01. The molecule has 25 heavy (non-hydrogen) atoms. The third-order valence-corrected chi connectivity index (χ3v) is 4.43. The molecular formula is C20H16N2O3. The van der Waals surface area contributed by atoms with E-state index in [2.05, 4.69) is 0 Å². The van der Waals surface area contributed by atoms with Gasteiger partial charge in [0.1, 0.15) is 6.04 Å². The van der Waals surface area contributed by atoms with Gasteiger partial charge in [0.05, 0.1) is 17.8 Å². The molecule has 0 saturated carbocycles. The number of amides is 2. The summed E-state index contributed by atoms with van der Waals surface area (Å²) in [7, 11) is 0. The first-order chi connectivity index (χ1) is 12.1. The van der Waals surface area contributed by atoms with Crippen molar-refractivity contribution in [1.82, 2.24) is 0 Å². The van der Waals surface area contributed by atoms with Crippen LogP contribution in [-0.2, 0) is 9.59 Å². The first kappa shape index (κ1) is 15.4. The van der Waals surface area contributed by atoms with Gasteiger partial charge in [0.2, 0.25) is 5.91 Å². The number of carbonyl (C=O) groups is 2. The smallest absolute Gasteiger partial charge is 0.259 e. The van der Waals surface area contributed by atoms with Gasteiger partial charge in [0.25, 0.3) is 5.91 Å². The molecule has 1 atom stereocenters. The summed E-state index contributed by atoms with van der Waals surface area (Å²) in [5, 5.41) is 13.2. The summed E-state index contributed by atoms with van der Waals surface area (Å²) < 4.78 is 0. The molecule has 0 spiro atoms. The number of imide groups is 1. The highest BCUT2D eigenvalue weighted by Crippen LogP contribution is 2.29. The molecule has 5 nitrogen and oxygen atoms in total. The number of rotatable bonds is 3. The highest BCUT2D eigenvalue weighted by atomic mass is 16.5. The summed E-state index contributed by atoms with van der Waals surface area (Å²) in [6.07, 6.45) is -0.0585. The van der Waals surface area contributed by atoms with Crippen molar-refractivity contribution < 1.29 is 14.8 Å². The Balaban J connectivity index is 1.66. The molecule has 1 fully saturated rings. The summed E-state index contributed by atoms with van der Waals surface area (Å²) in [5.74, 6) is -0.744. The van der Waals surface area contributed by atoms with E-state index in [9.17, 15) is 14.8 Å². The van der Waals surface area contributed by atoms with Gasteiger partial charge >= 0.3 is 0 Å². The first-order valence-electron chi connectivity index (χ1n) is 8.04. The van der Waals surface area contributed by atoms with Gasteiger partial charge in [-0.2, -0.15) is 0 Å². The quantitative estimate of drug-likeness (QED) is 0.590. The van der Waals surface area contributed by atoms with Gasteiger partial charge in [-0.15, -0.1) is 0 Å². The number of hydroxylamine groups is 1. The maximum atomic E-state index is 12.8. The molecule has 1 saturated heterocycles. The zero-order valence-corrected chi connectivity index (χ0v) is 13.4. The number of benzene rings is 3. The lowest BCUT2D eigenvalue weighted by molar-refractivity contribution is -0.121. The Kier molecular flexibility index (Phi) is 3.71. The van der Waals surface area contributed by atoms with Crippen molar-refractivity contribution in [2.45, 2.75) is 12.5 Å². The van der Waals surface area contributed by atoms with Gasteiger partial charge in [-0.1, -0.05) is 48.5 Å². The molecular weight excluding hydrogens is 316 g/mol. The molecule has 0 radical (unpaired) electrons. The standard InChI is InChI=1S/C20H16N2O3/c23-19-13-18(22(25)16-8-2-1-3-9-16)20(24)21(19)17-11-10-14-6-4-5-7-15(14)12-17/h1-12,18,25H,13H2/t18-/m0/s1. The van der Waals surface area contributed by atoms with Crippen LogP contribution >= 0.6 is 0 Å². The third kappa shape index (κ3) is 2.64. The zero-order chi connectivity index (χ0) is 17.4. The Labute approximate surface area is 144 Å². The average molecular weight is 332 g/mol. The van der Waals surface area contributed by atoms with E-state index in [4.69, 9.17) is 0 Å². The van der Waals surface area contributed by atoms with Crippen LogP contribution in [-0.4, -0.2) is 23.1 Å². The Hall–Kier alpha value is -3.18. The molecule has 0 aliphatic carbocycles. The molecule has 0 unspecified atom stereocenters. The van der Waals surface area contributed by atoms with Crippen molar-refractivity contribution in [3.05, 3.63) is 72.8 Å². The molecule has 1 heterocycles. The van der Waals surface area contributed by atoms with Crippen LogP contribution in [0.1, 0.15) is 6.42 Å². The highest BCUT2D eigenvalue weighted by molar-refractivity contribution is 6.23. The molecule has 5 heteroatoms. The normalized spacial score (nSPS) is 17.3. The average Bonchev–Trinajstić information content (AvgIpc) is 2.95. The Morgan fingerprint density at radius 3 is 2.32 bits per heavy atom. The molecule has 4 rings (SSSR count). The van der Waals surface area contributed by atoms with Crippen molar-refractivity contribution in [3.63, 3.8) is 0 Å². The second-order valence-corrected chi connectivity index (χ2v) is 6.00. The van der Waals surface area contributed by atoms with E-state index in [0.717, 1.165) is 20.7 Å². The van der Waals surface area contributed by atoms with Crippen LogP contribution in [0.25, 0.3) is 10.8 Å². The third-order valence-electron chi connectivity index (χ3n) is 4.43. The van der Waals surface area contributed by atoms with Crippen LogP contribution in [0.2, 0.25) is 0 Å². The maximum absolute atomic E-state index is 12.8. The van der Waals surface area contributed by atoms with Gasteiger partial charge in [-0.25, -0.2) is 9.96 Å². The summed E-state index contributed by atoms with van der Waals surface area (Å²) >= 11 is 0. The van der Waals surface area contributed by atoms with E-state index in [0.29, 0.717) is 11.4 Å². The summed E-state index contributed by atoms with van der Waals surface area (Å²) in [4.78, 5) is 26.4. The van der Waals surface area contributed by atoms with E-state index in [1.54, 1.807) is 30.3 Å². The molecule has 1 N–H and O–H groups in total. The van der Waals surface area contributed by atoms with Crippen LogP contribution in [0, 0.1) is 0 Å². The van der Waals surface area contributed by atoms with Gasteiger partial charge < -0.3 is 0 Å². The first-order valence-corrected chi connectivity index (χ1v) is 8.04. The lowest BCUT2D eigenvalue weighted by Gasteiger charge is -2.22. The van der Waals surface area contributed by atoms with E-state index < -0.39 is 11.9 Å². The predicted molar refractivity (Wildman–Crippen MR) is 95.6 cm³/mol. The van der Waals surface area contributed by atoms with E-state index in [1.165, 1.54) is 0 Å². The Morgan fingerprint density at radius 2 is 1.56 bits per heavy atom. The molecule has 1 aliphatic rings. The number of carbonyl (C=O) groups excluding carboxylic acids is 2. The van der Waals surface area contributed by atoms with Crippen LogP contribution < -0.4 is 9.96 Å². The largest absolute Gasteiger partial charge is 0.288 e. The SMILES string of the molecule is O=C1C[C@H](N(O)c2ccccc2)C(=O)N1c1ccc2ccccc2c1. The Morgan fingerprint density at radius 1 is 0.880 bits per heavy atom. The number of nitrogens with zero attached hydrogens (tertiary/aromatic N) is 2. The van der Waals surface area contributed by atoms with Gasteiger partial charge in [-0.05, 0) is 35.0 Å². The summed E-state index contributed by atoms with van der Waals surface area (Å²) in [6, 6.07) is 21.0. The number of para-hydroxylation sites is 1. The van der Waals surface area contributed by atoms with Gasteiger partial charge in [0.15, 0.2) is 0 Å². The second kappa shape index (κ2) is 6.03. The highest BCUT2D eigenvalue weighted by Gasteiger charge is 2.43. The van der Waals surface area contributed by atoms with Crippen molar-refractivity contribution >= 4 is 34.0 Å². The van der Waals surface area contributed by atoms with Gasteiger partial charge in [-0.3, -0.25) is 14.8 Å². The van der Waals surface area contributed by atoms with Crippen LogP contribution in [0.4, 0.5) is 11.4 Å². The van der Waals surface area contributed by atoms with Crippen molar-refractivity contribution in [3.8, 4) is 0 Å². The Bertz CT molecular complexity index is 955. The van der Waals surface area contributed by atoms with Gasteiger partial charge in [0, 0.05) is 0 Å². The molecule has 3 aromatic carbocycles. The minimum atomic E-state index is -0.915. The van der Waals surface area contributed by atoms with Crippen LogP contribution in [0.3, 0.4) is 0 Å². The molecule has 3 aromatic rings. The molecule has 0 bridgehead atoms. The van der Waals surface area contributed by atoms with E-state index in [-0.39, 0.29) is 12.3 Å². The van der Waals surface area contributed by atoms with Crippen LogP contribution in [0.15, 0.2) is 72.8 Å². The number of hydrogen-bond donors (Lipinski definition) is 1. The predicted octanol–water partition coefficient (Wildman–Crippen LogP) is 3.37. The topological polar surface area (TPSA) is 60.9 Å². The fourth-order valence-electron chi connectivity index (χ4n) is 3.15. The van der Waals surface area contributed by atoms with Crippen LogP contribution in [0.5, 0.6) is 0 Å². The number of fused-ring (bicyclic) bond motifs is 1. The molecule has 124 valence electrons. The van der Waals surface area contributed by atoms with E-state index in [1.807, 2.05) is 42.5 Å². The van der Waals surface area contributed by atoms with Crippen molar-refractivity contribution in [2.24, 2.45) is 0 Å².